The molecule has 0 atom stereocenters. The first-order chi connectivity index (χ1) is 17.2. The summed E-state index contributed by atoms with van der Waals surface area (Å²) in [6.07, 6.45) is 32.5. The van der Waals surface area contributed by atoms with Gasteiger partial charge in [0.05, 0.1) is 5.56 Å². The van der Waals surface area contributed by atoms with Crippen molar-refractivity contribution in [2.24, 2.45) is 0 Å². The number of hydrogen-bond acceptors (Lipinski definition) is 3. The predicted octanol–water partition coefficient (Wildman–Crippen LogP) is 6.29. The van der Waals surface area contributed by atoms with E-state index in [4.69, 9.17) is 0 Å². The first-order valence-corrected chi connectivity index (χ1v) is 12.9. The lowest BCUT2D eigenvalue weighted by Crippen LogP contribution is -2.50. The van der Waals surface area contributed by atoms with Crippen LogP contribution >= 0.6 is 0 Å². The Kier molecular flexibility index (Phi) is 14.5. The van der Waals surface area contributed by atoms with E-state index < -0.39 is 0 Å². The van der Waals surface area contributed by atoms with Crippen molar-refractivity contribution in [3.8, 4) is 0 Å². The number of amides is 2. The summed E-state index contributed by atoms with van der Waals surface area (Å²) in [5.74, 6) is 0.175. The molecule has 0 saturated carbocycles. The Bertz CT molecular complexity index is 876. The van der Waals surface area contributed by atoms with E-state index in [1.54, 1.807) is 29.4 Å². The molecule has 1 aliphatic heterocycles. The topological polar surface area (TPSA) is 53.5 Å². The van der Waals surface area contributed by atoms with Gasteiger partial charge >= 0.3 is 0 Å². The summed E-state index contributed by atoms with van der Waals surface area (Å²) in [5.41, 5.74) is 0.601. The molecule has 2 heterocycles. The number of allylic oxidation sites excluding steroid dienone is 10. The Hall–Kier alpha value is -3.21. The summed E-state index contributed by atoms with van der Waals surface area (Å²) >= 11 is 0. The molecule has 1 saturated heterocycles. The molecule has 1 aliphatic rings. The smallest absolute Gasteiger partial charge is 0.255 e. The van der Waals surface area contributed by atoms with Crippen molar-refractivity contribution in [1.29, 1.82) is 0 Å². The maximum atomic E-state index is 12.5. The van der Waals surface area contributed by atoms with E-state index in [9.17, 15) is 9.59 Å². The van der Waals surface area contributed by atoms with Crippen LogP contribution in [0, 0.1) is 0 Å². The maximum absolute atomic E-state index is 12.5. The Labute approximate surface area is 211 Å². The van der Waals surface area contributed by atoms with Crippen molar-refractivity contribution in [3.05, 3.63) is 90.9 Å². The normalized spacial score (nSPS) is 15.0. The van der Waals surface area contributed by atoms with Crippen molar-refractivity contribution in [2.75, 3.05) is 26.2 Å². The second kappa shape index (κ2) is 18.2. The number of rotatable bonds is 14. The molecule has 0 bridgehead atoms. The van der Waals surface area contributed by atoms with E-state index in [1.165, 1.54) is 0 Å². The molecule has 0 unspecified atom stereocenters. The van der Waals surface area contributed by atoms with Gasteiger partial charge in [0, 0.05) is 45.0 Å². The minimum Gasteiger partial charge on any atom is -0.339 e. The molecule has 0 radical (unpaired) electrons. The van der Waals surface area contributed by atoms with Crippen LogP contribution in [0.2, 0.25) is 0 Å². The second-order valence-electron chi connectivity index (χ2n) is 8.51. The highest BCUT2D eigenvalue weighted by atomic mass is 16.2. The van der Waals surface area contributed by atoms with Gasteiger partial charge in [0.15, 0.2) is 0 Å². The predicted molar refractivity (Wildman–Crippen MR) is 145 cm³/mol. The average molecular weight is 476 g/mol. The van der Waals surface area contributed by atoms with Crippen LogP contribution in [0.3, 0.4) is 0 Å². The monoisotopic (exact) mass is 475 g/mol. The SMILES string of the molecule is CCC=CCC=CCC=CCC=CCC=CCCCC(=O)N1CCN(C(=O)c2cccnc2)CC1. The molecular formula is C30H41N3O2. The molecule has 35 heavy (non-hydrogen) atoms. The number of unbranched alkanes of at least 4 members (excludes halogenated alkanes) is 1. The summed E-state index contributed by atoms with van der Waals surface area (Å²) in [4.78, 5) is 32.6. The number of hydrogen-bond donors (Lipinski definition) is 0. The van der Waals surface area contributed by atoms with Crippen LogP contribution in [0.1, 0.15) is 68.6 Å². The van der Waals surface area contributed by atoms with Gasteiger partial charge in [-0.15, -0.1) is 0 Å². The van der Waals surface area contributed by atoms with Gasteiger partial charge in [-0.3, -0.25) is 14.6 Å². The summed E-state index contributed by atoms with van der Waals surface area (Å²) in [6.45, 7) is 4.51. The van der Waals surface area contributed by atoms with E-state index in [2.05, 4.69) is 72.7 Å². The molecule has 5 heteroatoms. The highest BCUT2D eigenvalue weighted by Crippen LogP contribution is 2.10. The molecule has 0 N–H and O–H groups in total. The van der Waals surface area contributed by atoms with Gasteiger partial charge in [-0.2, -0.15) is 0 Å². The van der Waals surface area contributed by atoms with Crippen LogP contribution < -0.4 is 0 Å². The fourth-order valence-corrected chi connectivity index (χ4v) is 3.73. The fourth-order valence-electron chi connectivity index (χ4n) is 3.73. The standard InChI is InChI=1S/C30H41N3O2/c1-2-3-4-5-6-7-8-9-10-11-12-13-14-15-16-17-18-21-29(34)32-23-25-33(26-24-32)30(35)28-20-19-22-31-27-28/h3-4,6-7,9-10,12-13,15-16,19-20,22,27H,2,5,8,11,14,17-18,21,23-26H2,1H3. The number of pyridine rings is 1. The molecule has 1 aromatic heterocycles. The van der Waals surface area contributed by atoms with Crippen LogP contribution in [0.4, 0.5) is 0 Å². The number of carbonyl (C=O) groups is 2. The Morgan fingerprint density at radius 3 is 1.89 bits per heavy atom. The van der Waals surface area contributed by atoms with Gasteiger partial charge in [-0.25, -0.2) is 0 Å². The quantitative estimate of drug-likeness (QED) is 0.235. The van der Waals surface area contributed by atoms with Crippen molar-refractivity contribution in [3.63, 3.8) is 0 Å². The zero-order valence-electron chi connectivity index (χ0n) is 21.2. The molecule has 5 nitrogen and oxygen atoms in total. The van der Waals surface area contributed by atoms with Crippen molar-refractivity contribution >= 4 is 11.8 Å². The van der Waals surface area contributed by atoms with Crippen LogP contribution in [0.15, 0.2) is 85.3 Å². The molecule has 188 valence electrons. The summed E-state index contributed by atoms with van der Waals surface area (Å²) in [6, 6.07) is 3.55. The number of aromatic nitrogens is 1. The van der Waals surface area contributed by atoms with Gasteiger partial charge in [-0.1, -0.05) is 67.7 Å². The third-order valence-electron chi connectivity index (χ3n) is 5.75. The van der Waals surface area contributed by atoms with Gasteiger partial charge in [0.2, 0.25) is 5.91 Å². The fraction of sp³-hybridized carbons (Fsp3) is 0.433. The number of nitrogens with zero attached hydrogens (tertiary/aromatic N) is 3. The highest BCUT2D eigenvalue weighted by molar-refractivity contribution is 5.94. The first kappa shape index (κ1) is 28.0. The molecule has 1 aromatic rings. The third kappa shape index (κ3) is 12.2. The molecule has 0 aromatic carbocycles. The summed E-state index contributed by atoms with van der Waals surface area (Å²) in [5, 5.41) is 0. The zero-order chi connectivity index (χ0) is 25.0. The first-order valence-electron chi connectivity index (χ1n) is 12.9. The Balaban J connectivity index is 1.49. The molecule has 2 amide bonds. The largest absolute Gasteiger partial charge is 0.339 e. The molecule has 1 fully saturated rings. The van der Waals surface area contributed by atoms with Crippen LogP contribution in [-0.4, -0.2) is 52.8 Å². The minimum atomic E-state index is -0.0106. The number of carbonyl (C=O) groups excluding carboxylic acids is 2. The Morgan fingerprint density at radius 2 is 1.34 bits per heavy atom. The lowest BCUT2D eigenvalue weighted by atomic mass is 10.1. The van der Waals surface area contributed by atoms with Gasteiger partial charge in [-0.05, 0) is 57.1 Å². The summed E-state index contributed by atoms with van der Waals surface area (Å²) in [7, 11) is 0. The van der Waals surface area contributed by atoms with Gasteiger partial charge < -0.3 is 9.80 Å². The van der Waals surface area contributed by atoms with E-state index in [-0.39, 0.29) is 11.8 Å². The van der Waals surface area contributed by atoms with Gasteiger partial charge in [0.25, 0.3) is 5.91 Å². The molecular weight excluding hydrogens is 434 g/mol. The third-order valence-corrected chi connectivity index (χ3v) is 5.75. The lowest BCUT2D eigenvalue weighted by molar-refractivity contribution is -0.132. The molecule has 0 spiro atoms. The highest BCUT2D eigenvalue weighted by Gasteiger charge is 2.24. The van der Waals surface area contributed by atoms with E-state index in [0.717, 1.165) is 44.9 Å². The second-order valence-corrected chi connectivity index (χ2v) is 8.51. The van der Waals surface area contributed by atoms with Crippen molar-refractivity contribution in [1.82, 2.24) is 14.8 Å². The maximum Gasteiger partial charge on any atom is 0.255 e. The van der Waals surface area contributed by atoms with Crippen LogP contribution in [0.5, 0.6) is 0 Å². The van der Waals surface area contributed by atoms with E-state index in [1.807, 2.05) is 4.90 Å². The number of piperazine rings is 1. The van der Waals surface area contributed by atoms with E-state index >= 15 is 0 Å². The molecule has 0 aliphatic carbocycles. The summed E-state index contributed by atoms with van der Waals surface area (Å²) < 4.78 is 0. The van der Waals surface area contributed by atoms with Crippen molar-refractivity contribution in [2.45, 2.75) is 58.3 Å². The van der Waals surface area contributed by atoms with Crippen LogP contribution in [0.25, 0.3) is 0 Å². The van der Waals surface area contributed by atoms with Gasteiger partial charge in [0.1, 0.15) is 0 Å². The van der Waals surface area contributed by atoms with E-state index in [0.29, 0.717) is 38.2 Å². The van der Waals surface area contributed by atoms with Crippen molar-refractivity contribution < 1.29 is 9.59 Å². The average Bonchev–Trinajstić information content (AvgIpc) is 2.90. The van der Waals surface area contributed by atoms with Crippen LogP contribution in [-0.2, 0) is 4.79 Å². The minimum absolute atomic E-state index is 0.0106. The molecule has 2 rings (SSSR count). The lowest BCUT2D eigenvalue weighted by Gasteiger charge is -2.34. The zero-order valence-corrected chi connectivity index (χ0v) is 21.2. The Morgan fingerprint density at radius 1 is 0.800 bits per heavy atom.